The highest BCUT2D eigenvalue weighted by Gasteiger charge is 2.44. The van der Waals surface area contributed by atoms with Crippen LogP contribution in [0.3, 0.4) is 0 Å². The molecule has 2 heterocycles. The number of hydrogen-bond acceptors (Lipinski definition) is 14. The fraction of sp³-hybridized carbons (Fsp3) is 0.769. The highest BCUT2D eigenvalue weighted by atomic mass is 16.7. The van der Waals surface area contributed by atoms with E-state index in [2.05, 4.69) is 10.6 Å². The largest absolute Gasteiger partial charge is 0.508 e. The number of amides is 5. The molecule has 0 aliphatic carbocycles. The van der Waals surface area contributed by atoms with Gasteiger partial charge in [-0.25, -0.2) is 5.06 Å². The summed E-state index contributed by atoms with van der Waals surface area (Å²) in [5, 5.41) is 25.9. The van der Waals surface area contributed by atoms with Crippen LogP contribution in [-0.4, -0.2) is 202 Å². The van der Waals surface area contributed by atoms with Crippen molar-refractivity contribution in [2.45, 2.75) is 142 Å². The number of methoxy groups -OCH3 is 2. The van der Waals surface area contributed by atoms with Crippen molar-refractivity contribution in [3.63, 3.8) is 0 Å². The zero-order valence-electron chi connectivity index (χ0n) is 45.0. The Morgan fingerprint density at radius 3 is 2.00 bits per heavy atom. The minimum absolute atomic E-state index is 0.0498. The van der Waals surface area contributed by atoms with Gasteiger partial charge in [-0.1, -0.05) is 67.0 Å². The highest BCUT2D eigenvalue weighted by Crippen LogP contribution is 2.30. The second-order valence-corrected chi connectivity index (χ2v) is 19.9. The molecule has 1 aromatic carbocycles. The standard InChI is InChI=1S/C52H88N6O14/c1-12-36(6)47(56(9)52(66)45(34(2)3)54-50(64)46(35(4)5)55(8)24-27-70-29-31-71-30-28-69-26-21-44(61)62)42(67-10)33-43(60)57-22-15-16-41(57)48(68-11)37(7)49(63)53-40(32-38-17-19-39(59)20-18-38)51(65)58-23-13-14-25-72-58/h17-20,34-37,40-42,45-48,59H,12-16,21-33H2,1-11H3,(H,53,63)(H,54,64)(H,61,62)/t36-,37+,40-,41-,42+,45-,46-,47-,48+/m0/s1. The number of aromatic hydroxyl groups is 1. The lowest BCUT2D eigenvalue weighted by molar-refractivity contribution is -0.199. The van der Waals surface area contributed by atoms with Gasteiger partial charge in [0.05, 0.1) is 95.3 Å². The molecule has 4 N–H and O–H groups in total. The Balaban J connectivity index is 1.69. The summed E-state index contributed by atoms with van der Waals surface area (Å²) in [6, 6.07) is 3.08. The number of hydroxylamine groups is 2. The molecule has 0 spiro atoms. The maximum absolute atomic E-state index is 14.6. The van der Waals surface area contributed by atoms with Gasteiger partial charge in [-0.05, 0) is 68.2 Å². The number of likely N-dealkylation sites (tertiary alicyclic amines) is 1. The van der Waals surface area contributed by atoms with E-state index in [0.29, 0.717) is 71.9 Å². The predicted octanol–water partition coefficient (Wildman–Crippen LogP) is 3.52. The quantitative estimate of drug-likeness (QED) is 0.0738. The van der Waals surface area contributed by atoms with Gasteiger partial charge in [-0.15, -0.1) is 0 Å². The number of nitrogens with zero attached hydrogens (tertiary/aromatic N) is 4. The van der Waals surface area contributed by atoms with Crippen LogP contribution in [0.1, 0.15) is 99.0 Å². The van der Waals surface area contributed by atoms with Crippen LogP contribution in [0, 0.1) is 23.7 Å². The molecule has 410 valence electrons. The van der Waals surface area contributed by atoms with Crippen LogP contribution in [-0.2, 0) is 63.7 Å². The molecule has 0 aromatic heterocycles. The summed E-state index contributed by atoms with van der Waals surface area (Å²) in [5.41, 5.74) is 0.741. The van der Waals surface area contributed by atoms with Gasteiger partial charge in [0.1, 0.15) is 17.8 Å². The number of likely N-dealkylation sites (N-methyl/N-ethyl adjacent to an activating group) is 2. The van der Waals surface area contributed by atoms with Crippen molar-refractivity contribution >= 4 is 35.5 Å². The van der Waals surface area contributed by atoms with Crippen LogP contribution >= 0.6 is 0 Å². The fourth-order valence-electron chi connectivity index (χ4n) is 9.65. The summed E-state index contributed by atoms with van der Waals surface area (Å²) in [4.78, 5) is 92.7. The van der Waals surface area contributed by atoms with Gasteiger partial charge in [0.25, 0.3) is 5.91 Å². The number of nitrogens with one attached hydrogen (secondary N) is 2. The van der Waals surface area contributed by atoms with Crippen molar-refractivity contribution in [3.8, 4) is 5.75 Å². The molecule has 2 fully saturated rings. The Morgan fingerprint density at radius 2 is 1.44 bits per heavy atom. The van der Waals surface area contributed by atoms with E-state index in [1.165, 1.54) is 31.4 Å². The Labute approximate surface area is 428 Å². The number of carbonyl (C=O) groups is 6. The van der Waals surface area contributed by atoms with Gasteiger partial charge >= 0.3 is 5.97 Å². The van der Waals surface area contributed by atoms with E-state index < -0.39 is 60.2 Å². The molecule has 0 unspecified atom stereocenters. The van der Waals surface area contributed by atoms with Crippen molar-refractivity contribution in [2.75, 3.05) is 94.2 Å². The third-order valence-corrected chi connectivity index (χ3v) is 13.9. The maximum Gasteiger partial charge on any atom is 0.305 e. The second kappa shape index (κ2) is 32.0. The first kappa shape index (κ1) is 61.9. The number of rotatable bonds is 33. The fourth-order valence-corrected chi connectivity index (χ4v) is 9.65. The molecule has 2 aliphatic rings. The number of phenolic OH excluding ortho intramolecular Hbond substituents is 1. The lowest BCUT2D eigenvalue weighted by Gasteiger charge is -2.41. The van der Waals surface area contributed by atoms with Crippen molar-refractivity contribution < 1.29 is 67.5 Å². The number of benzene rings is 1. The van der Waals surface area contributed by atoms with Crippen molar-refractivity contribution in [2.24, 2.45) is 23.7 Å². The van der Waals surface area contributed by atoms with Crippen molar-refractivity contribution in [1.82, 2.24) is 30.4 Å². The first-order valence-corrected chi connectivity index (χ1v) is 25.9. The Bertz CT molecular complexity index is 1820. The van der Waals surface area contributed by atoms with Crippen molar-refractivity contribution in [1.29, 1.82) is 0 Å². The number of phenols is 1. The number of ether oxygens (including phenoxy) is 5. The van der Waals surface area contributed by atoms with E-state index in [-0.39, 0.29) is 79.6 Å². The third-order valence-electron chi connectivity index (χ3n) is 13.9. The van der Waals surface area contributed by atoms with Gasteiger partial charge in [-0.2, -0.15) is 0 Å². The predicted molar refractivity (Wildman–Crippen MR) is 269 cm³/mol. The minimum atomic E-state index is -0.955. The first-order chi connectivity index (χ1) is 34.3. The summed E-state index contributed by atoms with van der Waals surface area (Å²) in [6.07, 6.45) is 2.19. The normalized spacial score (nSPS) is 18.6. The maximum atomic E-state index is 14.6. The van der Waals surface area contributed by atoms with E-state index in [9.17, 15) is 33.9 Å². The number of carbonyl (C=O) groups excluding carboxylic acids is 5. The molecule has 1 aromatic rings. The molecule has 20 nitrogen and oxygen atoms in total. The van der Waals surface area contributed by atoms with Gasteiger partial charge in [0.15, 0.2) is 0 Å². The Morgan fingerprint density at radius 1 is 0.806 bits per heavy atom. The van der Waals surface area contributed by atoms with Gasteiger partial charge in [0, 0.05) is 47.3 Å². The van der Waals surface area contributed by atoms with E-state index in [1.807, 2.05) is 53.5 Å². The topological polar surface area (TPSA) is 235 Å². The number of carboxylic acid groups (broad SMARTS) is 1. The van der Waals surface area contributed by atoms with Crippen LogP contribution in [0.15, 0.2) is 24.3 Å². The van der Waals surface area contributed by atoms with Gasteiger partial charge < -0.3 is 54.3 Å². The summed E-state index contributed by atoms with van der Waals surface area (Å²) >= 11 is 0. The van der Waals surface area contributed by atoms with E-state index in [0.717, 1.165) is 18.4 Å². The molecular formula is C52H88N6O14. The zero-order chi connectivity index (χ0) is 53.5. The average molecular weight is 1020 g/mol. The summed E-state index contributed by atoms with van der Waals surface area (Å²) < 4.78 is 28.6. The molecule has 5 amide bonds. The molecular weight excluding hydrogens is 933 g/mol. The van der Waals surface area contributed by atoms with Gasteiger partial charge in [-0.3, -0.25) is 38.5 Å². The summed E-state index contributed by atoms with van der Waals surface area (Å²) in [7, 11) is 6.60. The third kappa shape index (κ3) is 19.1. The van der Waals surface area contributed by atoms with Crippen LogP contribution in [0.5, 0.6) is 5.75 Å². The molecule has 0 saturated carbocycles. The molecule has 0 bridgehead atoms. The molecule has 2 aliphatic heterocycles. The van der Waals surface area contributed by atoms with Crippen LogP contribution in [0.2, 0.25) is 0 Å². The molecule has 9 atom stereocenters. The summed E-state index contributed by atoms with van der Waals surface area (Å²) in [5.74, 6) is -3.65. The van der Waals surface area contributed by atoms with E-state index in [1.54, 1.807) is 35.9 Å². The first-order valence-electron chi connectivity index (χ1n) is 25.9. The van der Waals surface area contributed by atoms with Crippen molar-refractivity contribution in [3.05, 3.63) is 29.8 Å². The smallest absolute Gasteiger partial charge is 0.305 e. The van der Waals surface area contributed by atoms with Crippen LogP contribution in [0.25, 0.3) is 0 Å². The molecule has 3 rings (SSSR count). The van der Waals surface area contributed by atoms with Gasteiger partial charge in [0.2, 0.25) is 23.6 Å². The van der Waals surface area contributed by atoms with E-state index >= 15 is 0 Å². The number of hydrogen-bond donors (Lipinski definition) is 4. The lowest BCUT2D eigenvalue weighted by Crippen LogP contribution is -2.60. The highest BCUT2D eigenvalue weighted by molar-refractivity contribution is 5.90. The van der Waals surface area contributed by atoms with Crippen LogP contribution < -0.4 is 10.6 Å². The summed E-state index contributed by atoms with van der Waals surface area (Å²) in [6.45, 7) is 16.9. The zero-order valence-corrected chi connectivity index (χ0v) is 45.0. The minimum Gasteiger partial charge on any atom is -0.508 e. The number of carboxylic acids is 1. The van der Waals surface area contributed by atoms with Crippen LogP contribution in [0.4, 0.5) is 0 Å². The van der Waals surface area contributed by atoms with E-state index in [4.69, 9.17) is 33.6 Å². The Kier molecular flexibility index (Phi) is 27.5. The Hall–Kier alpha value is -4.44. The number of aliphatic carboxylic acids is 1. The second-order valence-electron chi connectivity index (χ2n) is 19.9. The lowest BCUT2D eigenvalue weighted by atomic mass is 9.89. The molecule has 0 radical (unpaired) electrons. The average Bonchev–Trinajstić information content (AvgIpc) is 3.84. The monoisotopic (exact) mass is 1020 g/mol. The molecule has 20 heteroatoms. The molecule has 2 saturated heterocycles. The SMILES string of the molecule is CC[C@H](C)[C@@H]([C@@H](CC(=O)N1CCC[C@H]1[C@H](OC)[C@@H](C)C(=O)N[C@@H](Cc1ccc(O)cc1)C(=O)N1CCCCO1)OC)N(C)C(=O)[C@@H](NC(=O)[C@H](C(C)C)N(C)CCOCCOCCOCCC(=O)O)C(C)C. The molecule has 72 heavy (non-hydrogen) atoms.